The van der Waals surface area contributed by atoms with Crippen LogP contribution in [0, 0.1) is 6.92 Å². The van der Waals surface area contributed by atoms with E-state index in [1.807, 2.05) is 4.90 Å². The van der Waals surface area contributed by atoms with Crippen LogP contribution in [0.5, 0.6) is 0 Å². The Morgan fingerprint density at radius 1 is 1.08 bits per heavy atom. The monoisotopic (exact) mass is 364 g/mol. The van der Waals surface area contributed by atoms with E-state index in [0.717, 1.165) is 31.6 Å². The number of aromatic nitrogens is 2. The van der Waals surface area contributed by atoms with Crippen LogP contribution in [0.1, 0.15) is 35.6 Å². The predicted molar refractivity (Wildman–Crippen MR) is 96.3 cm³/mol. The summed E-state index contributed by atoms with van der Waals surface area (Å²) in [5.74, 6) is 1.05. The van der Waals surface area contributed by atoms with Gasteiger partial charge < -0.3 is 10.2 Å². The lowest BCUT2D eigenvalue weighted by molar-refractivity contribution is 0.0718. The van der Waals surface area contributed by atoms with Gasteiger partial charge in [-0.3, -0.25) is 4.79 Å². The van der Waals surface area contributed by atoms with E-state index in [9.17, 15) is 4.79 Å². The van der Waals surface area contributed by atoms with Gasteiger partial charge in [0.15, 0.2) is 0 Å². The van der Waals surface area contributed by atoms with Crippen LogP contribution in [0.4, 0.5) is 11.5 Å². The number of rotatable bonds is 3. The highest BCUT2D eigenvalue weighted by Crippen LogP contribution is 2.26. The number of piperidine rings is 1. The standard InChI is InChI=1S/C17H18Cl2N4O/c1-11-20-15(17(24)23-7-3-2-4-8-23)10-16(21-11)22-12-5-6-13(18)14(19)9-12/h5-6,9-10H,2-4,7-8H2,1H3,(H,20,21,22). The Bertz CT molecular complexity index is 760. The summed E-state index contributed by atoms with van der Waals surface area (Å²) >= 11 is 12.0. The second kappa shape index (κ2) is 7.36. The summed E-state index contributed by atoms with van der Waals surface area (Å²) in [5.41, 5.74) is 1.16. The van der Waals surface area contributed by atoms with Crippen molar-refractivity contribution in [1.29, 1.82) is 0 Å². The van der Waals surface area contributed by atoms with Gasteiger partial charge in [0.2, 0.25) is 0 Å². The summed E-state index contributed by atoms with van der Waals surface area (Å²) < 4.78 is 0. The van der Waals surface area contributed by atoms with E-state index in [0.29, 0.717) is 27.4 Å². The highest BCUT2D eigenvalue weighted by atomic mass is 35.5. The number of nitrogens with one attached hydrogen (secondary N) is 1. The number of hydrogen-bond donors (Lipinski definition) is 1. The molecule has 1 aliphatic heterocycles. The van der Waals surface area contributed by atoms with Gasteiger partial charge in [-0.1, -0.05) is 23.2 Å². The number of amides is 1. The average Bonchev–Trinajstić information content (AvgIpc) is 2.58. The van der Waals surface area contributed by atoms with E-state index in [4.69, 9.17) is 23.2 Å². The molecule has 0 aliphatic carbocycles. The SMILES string of the molecule is Cc1nc(Nc2ccc(Cl)c(Cl)c2)cc(C(=O)N2CCCCC2)n1. The fraction of sp³-hybridized carbons (Fsp3) is 0.353. The number of hydrogen-bond acceptors (Lipinski definition) is 4. The van der Waals surface area contributed by atoms with E-state index in [2.05, 4.69) is 15.3 Å². The Labute approximate surface area is 151 Å². The number of likely N-dealkylation sites (tertiary alicyclic amines) is 1. The van der Waals surface area contributed by atoms with Crippen LogP contribution in [0.2, 0.25) is 10.0 Å². The Hall–Kier alpha value is -1.85. The van der Waals surface area contributed by atoms with Crippen LogP contribution in [-0.2, 0) is 0 Å². The number of nitrogens with zero attached hydrogens (tertiary/aromatic N) is 3. The molecule has 0 atom stereocenters. The van der Waals surface area contributed by atoms with Gasteiger partial charge in [-0.2, -0.15) is 0 Å². The predicted octanol–water partition coefficient (Wildman–Crippen LogP) is 4.46. The van der Waals surface area contributed by atoms with Gasteiger partial charge in [-0.25, -0.2) is 9.97 Å². The van der Waals surface area contributed by atoms with Crippen molar-refractivity contribution in [2.24, 2.45) is 0 Å². The molecule has 126 valence electrons. The van der Waals surface area contributed by atoms with E-state index in [1.54, 1.807) is 31.2 Å². The number of halogens is 2. The summed E-state index contributed by atoms with van der Waals surface area (Å²) in [7, 11) is 0. The van der Waals surface area contributed by atoms with Crippen LogP contribution < -0.4 is 5.32 Å². The minimum absolute atomic E-state index is 0.0441. The molecule has 1 N–H and O–H groups in total. The zero-order valence-corrected chi connectivity index (χ0v) is 14.9. The second-order valence-corrected chi connectivity index (χ2v) is 6.61. The molecule has 0 saturated carbocycles. The van der Waals surface area contributed by atoms with Crippen molar-refractivity contribution in [1.82, 2.24) is 14.9 Å². The maximum Gasteiger partial charge on any atom is 0.272 e. The summed E-state index contributed by atoms with van der Waals surface area (Å²) in [4.78, 5) is 23.1. The van der Waals surface area contributed by atoms with Crippen molar-refractivity contribution in [3.63, 3.8) is 0 Å². The minimum Gasteiger partial charge on any atom is -0.340 e. The molecule has 5 nitrogen and oxygen atoms in total. The zero-order chi connectivity index (χ0) is 17.1. The quantitative estimate of drug-likeness (QED) is 0.873. The molecular weight excluding hydrogens is 347 g/mol. The topological polar surface area (TPSA) is 58.1 Å². The van der Waals surface area contributed by atoms with Gasteiger partial charge in [0.05, 0.1) is 10.0 Å². The smallest absolute Gasteiger partial charge is 0.272 e. The van der Waals surface area contributed by atoms with E-state index >= 15 is 0 Å². The second-order valence-electron chi connectivity index (χ2n) is 5.79. The first kappa shape index (κ1) is 17.0. The Balaban J connectivity index is 1.82. The van der Waals surface area contributed by atoms with Crippen LogP contribution in [0.3, 0.4) is 0 Å². The molecule has 1 fully saturated rings. The molecule has 1 saturated heterocycles. The van der Waals surface area contributed by atoms with Gasteiger partial charge in [0, 0.05) is 24.8 Å². The Morgan fingerprint density at radius 3 is 2.54 bits per heavy atom. The van der Waals surface area contributed by atoms with Crippen molar-refractivity contribution < 1.29 is 4.79 Å². The molecule has 2 heterocycles. The number of carbonyl (C=O) groups is 1. The number of anilines is 2. The molecule has 0 bridgehead atoms. The lowest BCUT2D eigenvalue weighted by Crippen LogP contribution is -2.36. The Morgan fingerprint density at radius 2 is 1.83 bits per heavy atom. The Kier molecular flexibility index (Phi) is 5.21. The maximum absolute atomic E-state index is 12.6. The molecule has 0 radical (unpaired) electrons. The molecule has 1 amide bonds. The summed E-state index contributed by atoms with van der Waals surface area (Å²) in [5, 5.41) is 4.09. The highest BCUT2D eigenvalue weighted by molar-refractivity contribution is 6.42. The zero-order valence-electron chi connectivity index (χ0n) is 13.4. The van der Waals surface area contributed by atoms with Crippen molar-refractivity contribution in [3.05, 3.63) is 45.8 Å². The van der Waals surface area contributed by atoms with E-state index < -0.39 is 0 Å². The first-order chi connectivity index (χ1) is 11.5. The maximum atomic E-state index is 12.6. The first-order valence-electron chi connectivity index (χ1n) is 7.90. The minimum atomic E-state index is -0.0441. The van der Waals surface area contributed by atoms with Crippen LogP contribution in [-0.4, -0.2) is 33.9 Å². The number of carbonyl (C=O) groups excluding carboxylic acids is 1. The van der Waals surface area contributed by atoms with Crippen molar-refractivity contribution in [2.75, 3.05) is 18.4 Å². The van der Waals surface area contributed by atoms with Gasteiger partial charge in [0.25, 0.3) is 5.91 Å². The lowest BCUT2D eigenvalue weighted by atomic mass is 10.1. The fourth-order valence-electron chi connectivity index (χ4n) is 2.72. The third-order valence-corrected chi connectivity index (χ3v) is 4.63. The fourth-order valence-corrected chi connectivity index (χ4v) is 3.02. The molecule has 0 unspecified atom stereocenters. The third kappa shape index (κ3) is 3.97. The highest BCUT2D eigenvalue weighted by Gasteiger charge is 2.20. The lowest BCUT2D eigenvalue weighted by Gasteiger charge is -2.26. The molecule has 1 aromatic carbocycles. The van der Waals surface area contributed by atoms with Gasteiger partial charge in [0.1, 0.15) is 17.3 Å². The van der Waals surface area contributed by atoms with Crippen LogP contribution in [0.25, 0.3) is 0 Å². The summed E-state index contributed by atoms with van der Waals surface area (Å²) in [6.45, 7) is 3.35. The van der Waals surface area contributed by atoms with Gasteiger partial charge in [-0.15, -0.1) is 0 Å². The third-order valence-electron chi connectivity index (χ3n) is 3.89. The van der Waals surface area contributed by atoms with E-state index in [-0.39, 0.29) is 5.91 Å². The molecule has 2 aromatic rings. The van der Waals surface area contributed by atoms with Crippen LogP contribution >= 0.6 is 23.2 Å². The molecular formula is C17H18Cl2N4O. The van der Waals surface area contributed by atoms with Crippen LogP contribution in [0.15, 0.2) is 24.3 Å². The molecule has 1 aliphatic rings. The molecule has 0 spiro atoms. The van der Waals surface area contributed by atoms with Gasteiger partial charge >= 0.3 is 0 Å². The largest absolute Gasteiger partial charge is 0.340 e. The van der Waals surface area contributed by atoms with E-state index in [1.165, 1.54) is 6.42 Å². The normalized spacial score (nSPS) is 14.5. The number of benzene rings is 1. The van der Waals surface area contributed by atoms with Crippen molar-refractivity contribution in [2.45, 2.75) is 26.2 Å². The summed E-state index contributed by atoms with van der Waals surface area (Å²) in [6, 6.07) is 6.90. The molecule has 3 rings (SSSR count). The average molecular weight is 365 g/mol. The summed E-state index contributed by atoms with van der Waals surface area (Å²) in [6.07, 6.45) is 3.27. The molecule has 24 heavy (non-hydrogen) atoms. The molecule has 7 heteroatoms. The van der Waals surface area contributed by atoms with Gasteiger partial charge in [-0.05, 0) is 44.4 Å². The van der Waals surface area contributed by atoms with Crippen molar-refractivity contribution in [3.8, 4) is 0 Å². The number of aryl methyl sites for hydroxylation is 1. The van der Waals surface area contributed by atoms with Crippen molar-refractivity contribution >= 4 is 40.6 Å². The molecule has 1 aromatic heterocycles. The first-order valence-corrected chi connectivity index (χ1v) is 8.65.